The fraction of sp³-hybridized carbons (Fsp3) is 0.529. The smallest absolute Gasteiger partial charge is 0.249 e. The molecule has 4 nitrogen and oxygen atoms in total. The summed E-state index contributed by atoms with van der Waals surface area (Å²) < 4.78 is 14.0. The maximum atomic E-state index is 14.0. The van der Waals surface area contributed by atoms with Crippen LogP contribution in [0, 0.1) is 18.7 Å². The third kappa shape index (κ3) is 2.49. The van der Waals surface area contributed by atoms with Gasteiger partial charge < -0.3 is 9.80 Å². The molecule has 1 aromatic carbocycles. The highest BCUT2D eigenvalue weighted by Crippen LogP contribution is 2.31. The van der Waals surface area contributed by atoms with E-state index in [1.165, 1.54) is 11.0 Å². The van der Waals surface area contributed by atoms with Gasteiger partial charge in [0.15, 0.2) is 0 Å². The molecule has 0 aromatic heterocycles. The standard InChI is InChI=1S/C17H21FN2O2/c1-11-6-7-14(18)15(10-11)20-9-8-19(12(2)16(20)21)17(22)13-4-3-5-13/h6-7,10,12-13H,3-5,8-9H2,1-2H3. The van der Waals surface area contributed by atoms with Crippen LogP contribution < -0.4 is 4.90 Å². The minimum atomic E-state index is -0.526. The SMILES string of the molecule is Cc1ccc(F)c(N2CCN(C(=O)C3CCC3)C(C)C2=O)c1. The van der Waals surface area contributed by atoms with Gasteiger partial charge in [-0.25, -0.2) is 4.39 Å². The lowest BCUT2D eigenvalue weighted by Gasteiger charge is -2.41. The van der Waals surface area contributed by atoms with Gasteiger partial charge in [0.1, 0.15) is 11.9 Å². The number of hydrogen-bond acceptors (Lipinski definition) is 2. The molecule has 0 spiro atoms. The summed E-state index contributed by atoms with van der Waals surface area (Å²) in [5.41, 5.74) is 1.22. The number of aryl methyl sites for hydroxylation is 1. The van der Waals surface area contributed by atoms with Gasteiger partial charge in [0.2, 0.25) is 11.8 Å². The maximum absolute atomic E-state index is 14.0. The number of carbonyl (C=O) groups is 2. The van der Waals surface area contributed by atoms with Crippen LogP contribution in [-0.4, -0.2) is 35.8 Å². The molecule has 1 saturated carbocycles. The lowest BCUT2D eigenvalue weighted by Crippen LogP contribution is -2.59. The van der Waals surface area contributed by atoms with Gasteiger partial charge in [0.05, 0.1) is 5.69 Å². The summed E-state index contributed by atoms with van der Waals surface area (Å²) in [5.74, 6) is -0.442. The normalized spacial score (nSPS) is 22.7. The Bertz CT molecular complexity index is 613. The first-order valence-electron chi connectivity index (χ1n) is 7.87. The average Bonchev–Trinajstić information content (AvgIpc) is 2.43. The molecule has 5 heteroatoms. The predicted molar refractivity (Wildman–Crippen MR) is 82.0 cm³/mol. The molecule has 0 bridgehead atoms. The van der Waals surface area contributed by atoms with Gasteiger partial charge in [-0.3, -0.25) is 9.59 Å². The average molecular weight is 304 g/mol. The first-order valence-corrected chi connectivity index (χ1v) is 7.87. The largest absolute Gasteiger partial charge is 0.329 e. The van der Waals surface area contributed by atoms with E-state index in [9.17, 15) is 14.0 Å². The lowest BCUT2D eigenvalue weighted by atomic mass is 9.84. The number of halogens is 1. The summed E-state index contributed by atoms with van der Waals surface area (Å²) in [7, 11) is 0. The topological polar surface area (TPSA) is 40.6 Å². The Morgan fingerprint density at radius 2 is 2.00 bits per heavy atom. The van der Waals surface area contributed by atoms with E-state index in [0.717, 1.165) is 24.8 Å². The molecule has 3 rings (SSSR count). The number of rotatable bonds is 2. The zero-order chi connectivity index (χ0) is 15.9. The quantitative estimate of drug-likeness (QED) is 0.842. The van der Waals surface area contributed by atoms with Crippen molar-refractivity contribution in [1.29, 1.82) is 0 Å². The van der Waals surface area contributed by atoms with Crippen molar-refractivity contribution < 1.29 is 14.0 Å². The van der Waals surface area contributed by atoms with E-state index < -0.39 is 11.9 Å². The van der Waals surface area contributed by atoms with Crippen molar-refractivity contribution in [2.75, 3.05) is 18.0 Å². The molecule has 1 unspecified atom stereocenters. The Labute approximate surface area is 129 Å². The molecule has 1 atom stereocenters. The summed E-state index contributed by atoms with van der Waals surface area (Å²) >= 11 is 0. The van der Waals surface area contributed by atoms with Gasteiger partial charge in [-0.1, -0.05) is 12.5 Å². The zero-order valence-electron chi connectivity index (χ0n) is 13.0. The van der Waals surface area contributed by atoms with Crippen molar-refractivity contribution in [2.24, 2.45) is 5.92 Å². The Hall–Kier alpha value is -1.91. The maximum Gasteiger partial charge on any atom is 0.249 e. The second kappa shape index (κ2) is 5.71. The Balaban J connectivity index is 1.79. The molecule has 22 heavy (non-hydrogen) atoms. The van der Waals surface area contributed by atoms with E-state index in [1.54, 1.807) is 24.0 Å². The first kappa shape index (κ1) is 15.0. The fourth-order valence-corrected chi connectivity index (χ4v) is 3.13. The van der Waals surface area contributed by atoms with Crippen molar-refractivity contribution in [3.63, 3.8) is 0 Å². The van der Waals surface area contributed by atoms with Gasteiger partial charge in [-0.2, -0.15) is 0 Å². The van der Waals surface area contributed by atoms with Crippen molar-refractivity contribution in [1.82, 2.24) is 4.90 Å². The van der Waals surface area contributed by atoms with Crippen LogP contribution >= 0.6 is 0 Å². The van der Waals surface area contributed by atoms with Crippen LogP contribution in [-0.2, 0) is 9.59 Å². The molecule has 1 saturated heterocycles. The zero-order valence-corrected chi connectivity index (χ0v) is 13.0. The van der Waals surface area contributed by atoms with E-state index >= 15 is 0 Å². The van der Waals surface area contributed by atoms with Gasteiger partial charge in [-0.05, 0) is 44.4 Å². The summed E-state index contributed by atoms with van der Waals surface area (Å²) in [4.78, 5) is 28.1. The van der Waals surface area contributed by atoms with Crippen molar-refractivity contribution in [3.05, 3.63) is 29.6 Å². The molecular formula is C17H21FN2O2. The molecule has 1 aliphatic carbocycles. The highest BCUT2D eigenvalue weighted by molar-refractivity contribution is 6.00. The number of anilines is 1. The molecule has 0 N–H and O–H groups in total. The van der Waals surface area contributed by atoms with Crippen LogP contribution in [0.25, 0.3) is 0 Å². The Kier molecular flexibility index (Phi) is 3.89. The van der Waals surface area contributed by atoms with Crippen LogP contribution in [0.4, 0.5) is 10.1 Å². The van der Waals surface area contributed by atoms with Gasteiger partial charge in [0, 0.05) is 19.0 Å². The molecular weight excluding hydrogens is 283 g/mol. The number of nitrogens with zero attached hydrogens (tertiary/aromatic N) is 2. The van der Waals surface area contributed by atoms with Crippen LogP contribution in [0.1, 0.15) is 31.7 Å². The number of amides is 2. The van der Waals surface area contributed by atoms with E-state index in [4.69, 9.17) is 0 Å². The number of piperazine rings is 1. The minimum Gasteiger partial charge on any atom is -0.329 e. The molecule has 2 amide bonds. The second-order valence-electron chi connectivity index (χ2n) is 6.28. The first-order chi connectivity index (χ1) is 10.5. The number of carbonyl (C=O) groups excluding carboxylic acids is 2. The third-order valence-corrected chi connectivity index (χ3v) is 4.79. The number of hydrogen-bond donors (Lipinski definition) is 0. The lowest BCUT2D eigenvalue weighted by molar-refractivity contribution is -0.146. The molecule has 1 heterocycles. The van der Waals surface area contributed by atoms with E-state index in [-0.39, 0.29) is 17.7 Å². The predicted octanol–water partition coefficient (Wildman–Crippen LogP) is 2.50. The van der Waals surface area contributed by atoms with E-state index in [1.807, 2.05) is 6.92 Å². The van der Waals surface area contributed by atoms with Gasteiger partial charge in [0.25, 0.3) is 0 Å². The van der Waals surface area contributed by atoms with Crippen LogP contribution in [0.3, 0.4) is 0 Å². The van der Waals surface area contributed by atoms with Crippen LogP contribution in [0.2, 0.25) is 0 Å². The highest BCUT2D eigenvalue weighted by Gasteiger charge is 2.39. The summed E-state index contributed by atoms with van der Waals surface area (Å²) in [6, 6.07) is 4.22. The summed E-state index contributed by atoms with van der Waals surface area (Å²) in [6.07, 6.45) is 2.94. The van der Waals surface area contributed by atoms with E-state index in [0.29, 0.717) is 18.8 Å². The van der Waals surface area contributed by atoms with Crippen LogP contribution in [0.5, 0.6) is 0 Å². The van der Waals surface area contributed by atoms with E-state index in [2.05, 4.69) is 0 Å². The minimum absolute atomic E-state index is 0.0801. The van der Waals surface area contributed by atoms with Crippen LogP contribution in [0.15, 0.2) is 18.2 Å². The van der Waals surface area contributed by atoms with Crippen molar-refractivity contribution in [2.45, 2.75) is 39.2 Å². The van der Waals surface area contributed by atoms with Crippen molar-refractivity contribution >= 4 is 17.5 Å². The molecule has 118 valence electrons. The second-order valence-corrected chi connectivity index (χ2v) is 6.28. The summed E-state index contributed by atoms with van der Waals surface area (Å²) in [6.45, 7) is 4.42. The number of benzene rings is 1. The monoisotopic (exact) mass is 304 g/mol. The van der Waals surface area contributed by atoms with Crippen molar-refractivity contribution in [3.8, 4) is 0 Å². The Morgan fingerprint density at radius 1 is 1.27 bits per heavy atom. The van der Waals surface area contributed by atoms with Gasteiger partial charge in [-0.15, -0.1) is 0 Å². The molecule has 2 aliphatic rings. The molecule has 0 radical (unpaired) electrons. The highest BCUT2D eigenvalue weighted by atomic mass is 19.1. The molecule has 1 aliphatic heterocycles. The molecule has 2 fully saturated rings. The third-order valence-electron chi connectivity index (χ3n) is 4.79. The Morgan fingerprint density at radius 3 is 2.64 bits per heavy atom. The molecule has 1 aromatic rings. The fourth-order valence-electron chi connectivity index (χ4n) is 3.13. The van der Waals surface area contributed by atoms with Gasteiger partial charge >= 0.3 is 0 Å². The summed E-state index contributed by atoms with van der Waals surface area (Å²) in [5, 5.41) is 0.